The highest BCUT2D eigenvalue weighted by atomic mass is 79.9. The zero-order chi connectivity index (χ0) is 13.7. The molecule has 0 saturated heterocycles. The van der Waals surface area contributed by atoms with Gasteiger partial charge < -0.3 is 15.0 Å². The Balaban J connectivity index is 1.88. The molecule has 3 nitrogen and oxygen atoms in total. The summed E-state index contributed by atoms with van der Waals surface area (Å²) in [6.45, 7) is 2.79. The minimum Gasteiger partial charge on any atom is -0.385 e. The van der Waals surface area contributed by atoms with E-state index in [2.05, 4.69) is 51.4 Å². The smallest absolute Gasteiger partial charge is 0.0479 e. The van der Waals surface area contributed by atoms with Crippen LogP contribution in [0.5, 0.6) is 0 Å². The summed E-state index contributed by atoms with van der Waals surface area (Å²) in [6, 6.07) is 7.36. The highest BCUT2D eigenvalue weighted by molar-refractivity contribution is 9.10. The molecule has 1 fully saturated rings. The molecule has 0 spiro atoms. The Bertz CT molecular complexity index is 407. The van der Waals surface area contributed by atoms with Crippen LogP contribution in [0.25, 0.3) is 0 Å². The molecule has 4 heteroatoms. The van der Waals surface area contributed by atoms with Crippen molar-refractivity contribution in [1.82, 2.24) is 5.32 Å². The van der Waals surface area contributed by atoms with Gasteiger partial charge in [-0.3, -0.25) is 0 Å². The van der Waals surface area contributed by atoms with Gasteiger partial charge in [0.05, 0.1) is 0 Å². The first-order valence-electron chi connectivity index (χ1n) is 6.92. The SMILES string of the molecule is COCCCN(C)c1ccc(CNC2CC2)c(Br)c1. The highest BCUT2D eigenvalue weighted by Crippen LogP contribution is 2.25. The summed E-state index contributed by atoms with van der Waals surface area (Å²) in [4.78, 5) is 2.27. The van der Waals surface area contributed by atoms with Crippen molar-refractivity contribution in [2.75, 3.05) is 32.2 Å². The maximum absolute atomic E-state index is 5.09. The van der Waals surface area contributed by atoms with E-state index in [-0.39, 0.29) is 0 Å². The van der Waals surface area contributed by atoms with Crippen LogP contribution >= 0.6 is 15.9 Å². The van der Waals surface area contributed by atoms with Crippen LogP contribution in [0.2, 0.25) is 0 Å². The number of anilines is 1. The van der Waals surface area contributed by atoms with Crippen molar-refractivity contribution in [3.63, 3.8) is 0 Å². The average Bonchev–Trinajstić information content (AvgIpc) is 3.21. The van der Waals surface area contributed by atoms with E-state index in [4.69, 9.17) is 4.74 Å². The average molecular weight is 327 g/mol. The van der Waals surface area contributed by atoms with Gasteiger partial charge in [-0.15, -0.1) is 0 Å². The van der Waals surface area contributed by atoms with Crippen LogP contribution in [0.3, 0.4) is 0 Å². The molecule has 0 radical (unpaired) electrons. The first kappa shape index (κ1) is 14.8. The topological polar surface area (TPSA) is 24.5 Å². The van der Waals surface area contributed by atoms with Crippen LogP contribution < -0.4 is 10.2 Å². The van der Waals surface area contributed by atoms with Gasteiger partial charge >= 0.3 is 0 Å². The summed E-state index contributed by atoms with van der Waals surface area (Å²) < 4.78 is 6.28. The fraction of sp³-hybridized carbons (Fsp3) is 0.600. The standard InChI is InChI=1S/C15H23BrN2O/c1-18(8-3-9-19-2)14-7-4-12(15(16)10-14)11-17-13-5-6-13/h4,7,10,13,17H,3,5-6,8-9,11H2,1-2H3. The molecule has 0 heterocycles. The molecule has 0 aromatic heterocycles. The van der Waals surface area contributed by atoms with Crippen molar-refractivity contribution < 1.29 is 4.74 Å². The molecule has 0 unspecified atom stereocenters. The van der Waals surface area contributed by atoms with Crippen molar-refractivity contribution in [3.05, 3.63) is 28.2 Å². The van der Waals surface area contributed by atoms with E-state index < -0.39 is 0 Å². The number of nitrogens with one attached hydrogen (secondary N) is 1. The van der Waals surface area contributed by atoms with Crippen LogP contribution in [0.4, 0.5) is 5.69 Å². The van der Waals surface area contributed by atoms with Crippen LogP contribution in [-0.2, 0) is 11.3 Å². The maximum atomic E-state index is 5.09. The molecule has 1 N–H and O–H groups in total. The van der Waals surface area contributed by atoms with Crippen LogP contribution in [0.15, 0.2) is 22.7 Å². The molecule has 1 saturated carbocycles. The predicted molar refractivity (Wildman–Crippen MR) is 83.8 cm³/mol. The van der Waals surface area contributed by atoms with E-state index in [0.717, 1.165) is 32.2 Å². The minimum absolute atomic E-state index is 0.753. The number of nitrogens with zero attached hydrogens (tertiary/aromatic N) is 1. The number of methoxy groups -OCH3 is 1. The Kier molecular flexibility index (Phi) is 5.67. The van der Waals surface area contributed by atoms with Gasteiger partial charge in [0.1, 0.15) is 0 Å². The van der Waals surface area contributed by atoms with Gasteiger partial charge in [0.2, 0.25) is 0 Å². The van der Waals surface area contributed by atoms with Crippen molar-refractivity contribution in [3.8, 4) is 0 Å². The van der Waals surface area contributed by atoms with Gasteiger partial charge in [0.25, 0.3) is 0 Å². The Labute approximate surface area is 124 Å². The molecule has 0 bridgehead atoms. The molecule has 1 aromatic rings. The summed E-state index contributed by atoms with van der Waals surface area (Å²) in [5, 5.41) is 3.54. The fourth-order valence-electron chi connectivity index (χ4n) is 2.03. The molecule has 1 aliphatic carbocycles. The van der Waals surface area contributed by atoms with Gasteiger partial charge in [-0.2, -0.15) is 0 Å². The Morgan fingerprint density at radius 1 is 1.42 bits per heavy atom. The second-order valence-corrected chi connectivity index (χ2v) is 6.05. The number of hydrogen-bond acceptors (Lipinski definition) is 3. The summed E-state index contributed by atoms with van der Waals surface area (Å²) in [5.74, 6) is 0. The van der Waals surface area contributed by atoms with Crippen molar-refractivity contribution >= 4 is 21.6 Å². The summed E-state index contributed by atoms with van der Waals surface area (Å²) in [7, 11) is 3.87. The van der Waals surface area contributed by atoms with E-state index in [0.29, 0.717) is 0 Å². The number of rotatable bonds is 8. The monoisotopic (exact) mass is 326 g/mol. The molecule has 0 atom stereocenters. The minimum atomic E-state index is 0.753. The highest BCUT2D eigenvalue weighted by Gasteiger charge is 2.20. The lowest BCUT2D eigenvalue weighted by molar-refractivity contribution is 0.196. The third kappa shape index (κ3) is 4.79. The number of ether oxygens (including phenoxy) is 1. The zero-order valence-electron chi connectivity index (χ0n) is 11.8. The van der Waals surface area contributed by atoms with Crippen LogP contribution in [0, 0.1) is 0 Å². The normalized spacial score (nSPS) is 14.7. The lowest BCUT2D eigenvalue weighted by atomic mass is 10.2. The molecular formula is C15H23BrN2O. The molecular weight excluding hydrogens is 304 g/mol. The number of benzene rings is 1. The first-order valence-corrected chi connectivity index (χ1v) is 7.72. The van der Waals surface area contributed by atoms with Gasteiger partial charge in [-0.05, 0) is 37.0 Å². The first-order chi connectivity index (χ1) is 9.20. The van der Waals surface area contributed by atoms with E-state index in [1.807, 2.05) is 0 Å². The van der Waals surface area contributed by atoms with Crippen molar-refractivity contribution in [2.45, 2.75) is 31.8 Å². The molecule has 2 rings (SSSR count). The predicted octanol–water partition coefficient (Wildman–Crippen LogP) is 3.17. The lowest BCUT2D eigenvalue weighted by Gasteiger charge is -2.20. The largest absolute Gasteiger partial charge is 0.385 e. The quantitative estimate of drug-likeness (QED) is 0.742. The Morgan fingerprint density at radius 3 is 2.84 bits per heavy atom. The molecule has 19 heavy (non-hydrogen) atoms. The number of halogens is 1. The maximum Gasteiger partial charge on any atom is 0.0479 e. The number of hydrogen-bond donors (Lipinski definition) is 1. The van der Waals surface area contributed by atoms with E-state index in [1.165, 1.54) is 28.6 Å². The zero-order valence-corrected chi connectivity index (χ0v) is 13.4. The van der Waals surface area contributed by atoms with Gasteiger partial charge in [0, 0.05) is 50.1 Å². The summed E-state index contributed by atoms with van der Waals surface area (Å²) in [6.07, 6.45) is 3.71. The van der Waals surface area contributed by atoms with Gasteiger partial charge in [0.15, 0.2) is 0 Å². The van der Waals surface area contributed by atoms with Crippen molar-refractivity contribution in [2.24, 2.45) is 0 Å². The third-order valence-corrected chi connectivity index (χ3v) is 4.22. The summed E-state index contributed by atoms with van der Waals surface area (Å²) in [5.41, 5.74) is 2.58. The van der Waals surface area contributed by atoms with Crippen LogP contribution in [-0.4, -0.2) is 33.4 Å². The van der Waals surface area contributed by atoms with Gasteiger partial charge in [-0.1, -0.05) is 22.0 Å². The second-order valence-electron chi connectivity index (χ2n) is 5.20. The van der Waals surface area contributed by atoms with E-state index in [9.17, 15) is 0 Å². The lowest BCUT2D eigenvalue weighted by Crippen LogP contribution is -2.20. The fourth-order valence-corrected chi connectivity index (χ4v) is 2.54. The van der Waals surface area contributed by atoms with E-state index >= 15 is 0 Å². The third-order valence-electron chi connectivity index (χ3n) is 3.48. The second kappa shape index (κ2) is 7.27. The molecule has 106 valence electrons. The summed E-state index contributed by atoms with van der Waals surface area (Å²) >= 11 is 3.68. The molecule has 0 aliphatic heterocycles. The Hall–Kier alpha value is -0.580. The molecule has 0 amide bonds. The van der Waals surface area contributed by atoms with Crippen LogP contribution in [0.1, 0.15) is 24.8 Å². The molecule has 1 aromatic carbocycles. The molecule has 1 aliphatic rings. The Morgan fingerprint density at radius 2 is 2.21 bits per heavy atom. The van der Waals surface area contributed by atoms with Crippen molar-refractivity contribution in [1.29, 1.82) is 0 Å². The van der Waals surface area contributed by atoms with Gasteiger partial charge in [-0.25, -0.2) is 0 Å². The van der Waals surface area contributed by atoms with E-state index in [1.54, 1.807) is 7.11 Å².